The van der Waals surface area contributed by atoms with Gasteiger partial charge in [0.05, 0.1) is 15.8 Å². The fraction of sp³-hybridized carbons (Fsp3) is 0. The maximum absolute atomic E-state index is 10.6. The number of nitro benzene ring substituents is 1. The maximum atomic E-state index is 10.6. The molecule has 0 saturated carbocycles. The first-order valence-electron chi connectivity index (χ1n) is 3.57. The highest BCUT2D eigenvalue weighted by atomic mass is 79.9. The largest absolute Gasteiger partial charge is 0.288 e. The van der Waals surface area contributed by atoms with E-state index in [0.717, 1.165) is 0 Å². The third-order valence-electron chi connectivity index (χ3n) is 1.79. The molecule has 0 atom stereocenters. The number of rotatable bonds is 1. The summed E-state index contributed by atoms with van der Waals surface area (Å²) in [5.41, 5.74) is 0.466. The fourth-order valence-electron chi connectivity index (χ4n) is 1.16. The Bertz CT molecular complexity index is 525. The first-order valence-corrected chi connectivity index (χ1v) is 4.75. The summed E-state index contributed by atoms with van der Waals surface area (Å²) in [6.45, 7) is 0. The van der Waals surface area contributed by atoms with Gasteiger partial charge in [0, 0.05) is 6.07 Å². The van der Waals surface area contributed by atoms with Crippen molar-refractivity contribution in [3.05, 3.63) is 31.9 Å². The molecule has 0 aliphatic carbocycles. The first kappa shape index (κ1) is 9.42. The first-order chi connectivity index (χ1) is 6.61. The molecule has 0 unspecified atom stereocenters. The highest BCUT2D eigenvalue weighted by molar-refractivity contribution is 9.10. The molecule has 0 spiro atoms. The van der Waals surface area contributed by atoms with Gasteiger partial charge >= 0.3 is 0 Å². The van der Waals surface area contributed by atoms with Gasteiger partial charge in [-0.15, -0.1) is 0 Å². The zero-order chi connectivity index (χ0) is 10.3. The van der Waals surface area contributed by atoms with Gasteiger partial charge in [-0.1, -0.05) is 11.6 Å². The Hall–Kier alpha value is -1.14. The number of benzene rings is 1. The molecule has 1 heterocycles. The highest BCUT2D eigenvalue weighted by Crippen LogP contribution is 2.35. The fourth-order valence-corrected chi connectivity index (χ4v) is 2.09. The van der Waals surface area contributed by atoms with Crippen molar-refractivity contribution in [2.24, 2.45) is 0 Å². The van der Waals surface area contributed by atoms with E-state index in [9.17, 15) is 10.1 Å². The van der Waals surface area contributed by atoms with Gasteiger partial charge in [-0.3, -0.25) is 15.2 Å². The van der Waals surface area contributed by atoms with E-state index in [2.05, 4.69) is 26.1 Å². The zero-order valence-corrected chi connectivity index (χ0v) is 8.96. The lowest BCUT2D eigenvalue weighted by molar-refractivity contribution is -0.384. The molecule has 1 aromatic carbocycles. The van der Waals surface area contributed by atoms with E-state index in [1.807, 2.05) is 0 Å². The van der Waals surface area contributed by atoms with Crippen molar-refractivity contribution >= 4 is 44.1 Å². The van der Waals surface area contributed by atoms with Gasteiger partial charge in [0.15, 0.2) is 0 Å². The molecule has 0 aliphatic heterocycles. The monoisotopic (exact) mass is 275 g/mol. The summed E-state index contributed by atoms with van der Waals surface area (Å²) in [5.74, 6) is 0. The minimum absolute atomic E-state index is 0.0909. The molecule has 2 aromatic rings. The number of hydrogen-bond acceptors (Lipinski definition) is 3. The molecule has 0 saturated heterocycles. The molecule has 0 radical (unpaired) electrons. The Morgan fingerprint density at radius 1 is 1.57 bits per heavy atom. The van der Waals surface area contributed by atoms with Crippen molar-refractivity contribution in [2.45, 2.75) is 0 Å². The van der Waals surface area contributed by atoms with Crippen molar-refractivity contribution < 1.29 is 4.92 Å². The average Bonchev–Trinajstić information content (AvgIpc) is 2.48. The van der Waals surface area contributed by atoms with Gasteiger partial charge < -0.3 is 0 Å². The Labute approximate surface area is 91.3 Å². The summed E-state index contributed by atoms with van der Waals surface area (Å²) in [5, 5.41) is 17.7. The highest BCUT2D eigenvalue weighted by Gasteiger charge is 2.18. The number of halogens is 2. The van der Waals surface area contributed by atoms with E-state index >= 15 is 0 Å². The van der Waals surface area contributed by atoms with E-state index in [0.29, 0.717) is 15.5 Å². The summed E-state index contributed by atoms with van der Waals surface area (Å²) in [6, 6.07) is 2.87. The minimum Gasteiger partial charge on any atom is -0.270 e. The normalized spacial score (nSPS) is 10.7. The Morgan fingerprint density at radius 3 is 2.93 bits per heavy atom. The molecule has 7 heteroatoms. The zero-order valence-electron chi connectivity index (χ0n) is 6.62. The SMILES string of the molecule is O=[N+]([O-])c1ccc2n[nH]c(Br)c2c1Cl. The van der Waals surface area contributed by atoms with Crippen molar-refractivity contribution in [3.63, 3.8) is 0 Å². The number of hydrogen-bond donors (Lipinski definition) is 1. The Balaban J connectivity index is 2.86. The number of nitrogens with zero attached hydrogens (tertiary/aromatic N) is 2. The van der Waals surface area contributed by atoms with Crippen LogP contribution in [0.5, 0.6) is 0 Å². The predicted molar refractivity (Wildman–Crippen MR) is 55.5 cm³/mol. The predicted octanol–water partition coefficient (Wildman–Crippen LogP) is 2.89. The van der Waals surface area contributed by atoms with Gasteiger partial charge in [-0.25, -0.2) is 0 Å². The second-order valence-corrected chi connectivity index (χ2v) is 3.76. The molecule has 0 aliphatic rings. The summed E-state index contributed by atoms with van der Waals surface area (Å²) >= 11 is 9.03. The van der Waals surface area contributed by atoms with Crippen molar-refractivity contribution in [2.75, 3.05) is 0 Å². The van der Waals surface area contributed by atoms with Crippen LogP contribution < -0.4 is 0 Å². The lowest BCUT2D eigenvalue weighted by Crippen LogP contribution is -1.88. The molecule has 5 nitrogen and oxygen atoms in total. The van der Waals surface area contributed by atoms with Crippen LogP contribution in [0, 0.1) is 10.1 Å². The number of nitro groups is 1. The van der Waals surface area contributed by atoms with Gasteiger partial charge in [-0.05, 0) is 22.0 Å². The third-order valence-corrected chi connectivity index (χ3v) is 2.75. The number of aromatic nitrogens is 2. The van der Waals surface area contributed by atoms with Crippen LogP contribution in [-0.2, 0) is 0 Å². The van der Waals surface area contributed by atoms with Gasteiger partial charge in [0.2, 0.25) is 0 Å². The van der Waals surface area contributed by atoms with Crippen molar-refractivity contribution in [1.82, 2.24) is 10.2 Å². The smallest absolute Gasteiger partial charge is 0.270 e. The molecule has 14 heavy (non-hydrogen) atoms. The lowest BCUT2D eigenvalue weighted by atomic mass is 10.2. The van der Waals surface area contributed by atoms with E-state index in [1.165, 1.54) is 6.07 Å². The summed E-state index contributed by atoms with van der Waals surface area (Å²) in [6.07, 6.45) is 0. The topological polar surface area (TPSA) is 71.8 Å². The molecular weight excluding hydrogens is 273 g/mol. The minimum atomic E-state index is -0.527. The standard InChI is InChI=1S/C7H3BrClN3O2/c8-7-5-3(10-11-7)1-2-4(6(5)9)12(13)14/h1-2H,(H,10,11). The molecule has 1 aromatic heterocycles. The van der Waals surface area contributed by atoms with Crippen LogP contribution in [0.2, 0.25) is 5.02 Å². The van der Waals surface area contributed by atoms with Crippen LogP contribution in [0.1, 0.15) is 0 Å². The quantitative estimate of drug-likeness (QED) is 0.643. The Morgan fingerprint density at radius 2 is 2.29 bits per heavy atom. The van der Waals surface area contributed by atoms with E-state index in [1.54, 1.807) is 6.07 Å². The van der Waals surface area contributed by atoms with Crippen LogP contribution in [0.25, 0.3) is 10.9 Å². The van der Waals surface area contributed by atoms with Gasteiger partial charge in [0.25, 0.3) is 5.69 Å². The van der Waals surface area contributed by atoms with Crippen LogP contribution in [0.3, 0.4) is 0 Å². The third kappa shape index (κ3) is 1.27. The average molecular weight is 276 g/mol. The van der Waals surface area contributed by atoms with Crippen LogP contribution in [-0.4, -0.2) is 15.1 Å². The molecule has 1 N–H and O–H groups in total. The number of fused-ring (bicyclic) bond motifs is 1. The molecule has 0 amide bonds. The number of H-pyrrole nitrogens is 1. The maximum Gasteiger partial charge on any atom is 0.288 e. The van der Waals surface area contributed by atoms with Gasteiger partial charge in [0.1, 0.15) is 9.63 Å². The van der Waals surface area contributed by atoms with Gasteiger partial charge in [-0.2, -0.15) is 5.10 Å². The molecular formula is C7H3BrClN3O2. The molecule has 2 rings (SSSR count). The van der Waals surface area contributed by atoms with E-state index in [4.69, 9.17) is 11.6 Å². The molecule has 0 fully saturated rings. The summed E-state index contributed by atoms with van der Waals surface area (Å²) in [7, 11) is 0. The van der Waals surface area contributed by atoms with Crippen LogP contribution in [0.4, 0.5) is 5.69 Å². The Kier molecular flexibility index (Phi) is 2.16. The van der Waals surface area contributed by atoms with Crippen molar-refractivity contribution in [3.8, 4) is 0 Å². The van der Waals surface area contributed by atoms with Crippen molar-refractivity contribution in [1.29, 1.82) is 0 Å². The molecule has 72 valence electrons. The van der Waals surface area contributed by atoms with E-state index in [-0.39, 0.29) is 10.7 Å². The number of aromatic amines is 1. The lowest BCUT2D eigenvalue weighted by Gasteiger charge is -1.95. The second kappa shape index (κ2) is 3.21. The van der Waals surface area contributed by atoms with E-state index < -0.39 is 4.92 Å². The summed E-state index contributed by atoms with van der Waals surface area (Å²) in [4.78, 5) is 10.0. The number of nitrogens with one attached hydrogen (secondary N) is 1. The second-order valence-electron chi connectivity index (χ2n) is 2.59. The molecule has 0 bridgehead atoms. The van der Waals surface area contributed by atoms with Crippen LogP contribution in [0.15, 0.2) is 16.7 Å². The van der Waals surface area contributed by atoms with Crippen LogP contribution >= 0.6 is 27.5 Å². The summed E-state index contributed by atoms with van der Waals surface area (Å²) < 4.78 is 0.543.